The molecular formula is C8H14N2O5S. The van der Waals surface area contributed by atoms with Crippen LogP contribution in [0, 0.1) is 0 Å². The van der Waals surface area contributed by atoms with Crippen molar-refractivity contribution in [3.8, 4) is 0 Å². The highest BCUT2D eigenvalue weighted by Gasteiger charge is 2.12. The molecule has 0 atom stereocenters. The SMILES string of the molecule is CC(C(=O)O)=C(C)C(=O)NCCS(N)(=O)=O. The predicted octanol–water partition coefficient (Wildman–Crippen LogP) is -1.19. The molecule has 1 amide bonds. The van der Waals surface area contributed by atoms with E-state index in [4.69, 9.17) is 10.2 Å². The number of carbonyl (C=O) groups is 2. The minimum atomic E-state index is -3.63. The first-order chi connectivity index (χ1) is 7.15. The van der Waals surface area contributed by atoms with Crippen molar-refractivity contribution in [2.75, 3.05) is 12.3 Å². The third kappa shape index (κ3) is 5.47. The van der Waals surface area contributed by atoms with Gasteiger partial charge < -0.3 is 10.4 Å². The smallest absolute Gasteiger partial charge is 0.331 e. The van der Waals surface area contributed by atoms with Crippen LogP contribution in [0.5, 0.6) is 0 Å². The largest absolute Gasteiger partial charge is 0.478 e. The number of rotatable bonds is 5. The summed E-state index contributed by atoms with van der Waals surface area (Å²) in [6, 6.07) is 0. The van der Waals surface area contributed by atoms with Crippen molar-refractivity contribution in [2.24, 2.45) is 5.14 Å². The highest BCUT2D eigenvalue weighted by molar-refractivity contribution is 7.89. The molecule has 4 N–H and O–H groups in total. The zero-order valence-electron chi connectivity index (χ0n) is 8.98. The second kappa shape index (κ2) is 5.61. The summed E-state index contributed by atoms with van der Waals surface area (Å²) in [5.74, 6) is -2.21. The second-order valence-corrected chi connectivity index (χ2v) is 4.91. The zero-order valence-corrected chi connectivity index (χ0v) is 9.80. The number of sulfonamides is 1. The van der Waals surface area contributed by atoms with Gasteiger partial charge in [-0.15, -0.1) is 0 Å². The average Bonchev–Trinajstić information content (AvgIpc) is 2.13. The Labute approximate surface area is 93.4 Å². The lowest BCUT2D eigenvalue weighted by atomic mass is 10.1. The summed E-state index contributed by atoms with van der Waals surface area (Å²) in [5.41, 5.74) is -0.0602. The van der Waals surface area contributed by atoms with Gasteiger partial charge in [0.25, 0.3) is 0 Å². The number of amides is 1. The molecule has 0 aliphatic rings. The molecule has 0 saturated carbocycles. The number of carboxylic acid groups (broad SMARTS) is 1. The molecule has 0 heterocycles. The van der Waals surface area contributed by atoms with Crippen LogP contribution in [0.4, 0.5) is 0 Å². The van der Waals surface area contributed by atoms with Crippen molar-refractivity contribution in [3.63, 3.8) is 0 Å². The lowest BCUT2D eigenvalue weighted by Gasteiger charge is -2.05. The van der Waals surface area contributed by atoms with Gasteiger partial charge in [-0.2, -0.15) is 0 Å². The maximum atomic E-state index is 11.3. The van der Waals surface area contributed by atoms with Crippen LogP contribution in [-0.4, -0.2) is 37.7 Å². The molecule has 16 heavy (non-hydrogen) atoms. The molecule has 0 aliphatic carbocycles. The van der Waals surface area contributed by atoms with Crippen LogP contribution in [0.1, 0.15) is 13.8 Å². The summed E-state index contributed by atoms with van der Waals surface area (Å²) in [4.78, 5) is 21.8. The molecule has 0 aromatic rings. The summed E-state index contributed by atoms with van der Waals surface area (Å²) in [5, 5.41) is 15.6. The number of primary sulfonamides is 1. The fraction of sp³-hybridized carbons (Fsp3) is 0.500. The molecule has 0 fully saturated rings. The molecule has 0 bridgehead atoms. The van der Waals surface area contributed by atoms with E-state index in [-0.39, 0.29) is 17.7 Å². The van der Waals surface area contributed by atoms with E-state index in [9.17, 15) is 18.0 Å². The maximum Gasteiger partial charge on any atom is 0.331 e. The zero-order chi connectivity index (χ0) is 12.9. The summed E-state index contributed by atoms with van der Waals surface area (Å²) >= 11 is 0. The normalized spacial score (nSPS) is 12.9. The van der Waals surface area contributed by atoms with Gasteiger partial charge in [0.05, 0.1) is 5.75 Å². The number of hydrogen-bond donors (Lipinski definition) is 3. The monoisotopic (exact) mass is 250 g/mol. The first-order valence-electron chi connectivity index (χ1n) is 4.34. The minimum absolute atomic E-state index is 0.0296. The molecular weight excluding hydrogens is 236 g/mol. The second-order valence-electron chi connectivity index (χ2n) is 3.18. The van der Waals surface area contributed by atoms with E-state index in [1.807, 2.05) is 0 Å². The van der Waals surface area contributed by atoms with Crippen LogP contribution in [0.2, 0.25) is 0 Å². The van der Waals surface area contributed by atoms with Crippen LogP contribution in [0.3, 0.4) is 0 Å². The highest BCUT2D eigenvalue weighted by atomic mass is 32.2. The van der Waals surface area contributed by atoms with Crippen molar-refractivity contribution in [3.05, 3.63) is 11.1 Å². The summed E-state index contributed by atoms with van der Waals surface area (Å²) in [6.45, 7) is 2.48. The van der Waals surface area contributed by atoms with Gasteiger partial charge in [-0.25, -0.2) is 18.4 Å². The highest BCUT2D eigenvalue weighted by Crippen LogP contribution is 2.02. The van der Waals surface area contributed by atoms with Gasteiger partial charge in [0.15, 0.2) is 0 Å². The Kier molecular flexibility index (Phi) is 5.12. The Morgan fingerprint density at radius 1 is 1.25 bits per heavy atom. The van der Waals surface area contributed by atoms with Gasteiger partial charge >= 0.3 is 5.97 Å². The van der Waals surface area contributed by atoms with Crippen LogP contribution >= 0.6 is 0 Å². The molecule has 7 nitrogen and oxygen atoms in total. The Morgan fingerprint density at radius 2 is 1.75 bits per heavy atom. The van der Waals surface area contributed by atoms with E-state index >= 15 is 0 Å². The summed E-state index contributed by atoms with van der Waals surface area (Å²) in [7, 11) is -3.63. The molecule has 0 aliphatic heterocycles. The number of aliphatic carboxylic acids is 1. The Morgan fingerprint density at radius 3 is 2.12 bits per heavy atom. The topological polar surface area (TPSA) is 127 Å². The lowest BCUT2D eigenvalue weighted by molar-refractivity contribution is -0.133. The number of hydrogen-bond acceptors (Lipinski definition) is 4. The van der Waals surface area contributed by atoms with Gasteiger partial charge in [0.2, 0.25) is 15.9 Å². The first-order valence-corrected chi connectivity index (χ1v) is 6.06. The molecule has 0 aromatic heterocycles. The number of nitrogens with one attached hydrogen (secondary N) is 1. The molecule has 0 radical (unpaired) electrons. The third-order valence-corrected chi connectivity index (χ3v) is 2.67. The molecule has 0 aromatic carbocycles. The van der Waals surface area contributed by atoms with Crippen LogP contribution < -0.4 is 10.5 Å². The third-order valence-electron chi connectivity index (χ3n) is 1.90. The Balaban J connectivity index is 4.40. The maximum absolute atomic E-state index is 11.3. The van der Waals surface area contributed by atoms with Crippen molar-refractivity contribution < 1.29 is 23.1 Å². The molecule has 0 saturated heterocycles. The van der Waals surface area contributed by atoms with E-state index < -0.39 is 27.7 Å². The Bertz CT molecular complexity index is 424. The molecule has 0 spiro atoms. The van der Waals surface area contributed by atoms with Crippen molar-refractivity contribution in [1.82, 2.24) is 5.32 Å². The van der Waals surface area contributed by atoms with Gasteiger partial charge in [-0.05, 0) is 13.8 Å². The van der Waals surface area contributed by atoms with E-state index in [1.54, 1.807) is 0 Å². The van der Waals surface area contributed by atoms with Gasteiger partial charge in [-0.3, -0.25) is 4.79 Å². The minimum Gasteiger partial charge on any atom is -0.478 e. The van der Waals surface area contributed by atoms with Gasteiger partial charge in [-0.1, -0.05) is 0 Å². The Hall–Kier alpha value is -1.41. The molecule has 0 unspecified atom stereocenters. The number of nitrogens with two attached hydrogens (primary N) is 1. The fourth-order valence-corrected chi connectivity index (χ4v) is 1.16. The van der Waals surface area contributed by atoms with E-state index in [0.29, 0.717) is 0 Å². The van der Waals surface area contributed by atoms with Crippen LogP contribution in [-0.2, 0) is 19.6 Å². The first kappa shape index (κ1) is 14.6. The number of carbonyl (C=O) groups excluding carboxylic acids is 1. The van der Waals surface area contributed by atoms with E-state index in [0.717, 1.165) is 0 Å². The summed E-state index contributed by atoms with van der Waals surface area (Å²) < 4.78 is 21.1. The summed E-state index contributed by atoms with van der Waals surface area (Å²) in [6.07, 6.45) is 0. The number of carboxylic acids is 1. The fourth-order valence-electron chi connectivity index (χ4n) is 0.770. The van der Waals surface area contributed by atoms with Gasteiger partial charge in [0, 0.05) is 17.7 Å². The van der Waals surface area contributed by atoms with Gasteiger partial charge in [0.1, 0.15) is 0 Å². The average molecular weight is 250 g/mol. The van der Waals surface area contributed by atoms with Crippen LogP contribution in [0.25, 0.3) is 0 Å². The molecule has 8 heteroatoms. The van der Waals surface area contributed by atoms with E-state index in [1.165, 1.54) is 13.8 Å². The standard InChI is InChI=1S/C8H14N2O5S/c1-5(6(2)8(12)13)7(11)10-3-4-16(9,14)15/h3-4H2,1-2H3,(H,10,11)(H,12,13)(H2,9,14,15). The van der Waals surface area contributed by atoms with E-state index in [2.05, 4.69) is 5.32 Å². The lowest BCUT2D eigenvalue weighted by Crippen LogP contribution is -2.32. The quantitative estimate of drug-likeness (QED) is 0.529. The van der Waals surface area contributed by atoms with Crippen LogP contribution in [0.15, 0.2) is 11.1 Å². The van der Waals surface area contributed by atoms with Crippen molar-refractivity contribution in [2.45, 2.75) is 13.8 Å². The van der Waals surface area contributed by atoms with Crippen molar-refractivity contribution >= 4 is 21.9 Å². The predicted molar refractivity (Wildman–Crippen MR) is 57.0 cm³/mol. The molecule has 0 rings (SSSR count). The molecule has 92 valence electrons. The van der Waals surface area contributed by atoms with Crippen molar-refractivity contribution in [1.29, 1.82) is 0 Å².